The van der Waals surface area contributed by atoms with Crippen molar-refractivity contribution in [2.75, 3.05) is 19.6 Å². The Morgan fingerprint density at radius 2 is 1.12 bits per heavy atom. The molecule has 10 nitrogen and oxygen atoms in total. The molecule has 1 heterocycles. The van der Waals surface area contributed by atoms with Gasteiger partial charge in [-0.2, -0.15) is 0 Å². The van der Waals surface area contributed by atoms with Crippen LogP contribution in [0.1, 0.15) is 24.0 Å². The van der Waals surface area contributed by atoms with Gasteiger partial charge in [-0.25, -0.2) is 35.1 Å². The summed E-state index contributed by atoms with van der Waals surface area (Å²) in [5.41, 5.74) is 9.29. The molecule has 0 aromatic heterocycles. The van der Waals surface area contributed by atoms with Gasteiger partial charge in [-0.3, -0.25) is 9.69 Å². The minimum atomic E-state index is -2.10. The van der Waals surface area contributed by atoms with Crippen molar-refractivity contribution >= 4 is 35.3 Å². The maximum atomic E-state index is 14.6. The van der Waals surface area contributed by atoms with Gasteiger partial charge in [-0.1, -0.05) is 10.2 Å². The fourth-order valence-electron chi connectivity index (χ4n) is 3.86. The van der Waals surface area contributed by atoms with E-state index < -0.39 is 111 Å². The second-order valence-electron chi connectivity index (χ2n) is 8.27. The van der Waals surface area contributed by atoms with Gasteiger partial charge in [0, 0.05) is 40.0 Å². The van der Waals surface area contributed by atoms with Gasteiger partial charge in [-0.05, 0) is 42.6 Å². The third-order valence-corrected chi connectivity index (χ3v) is 5.70. The van der Waals surface area contributed by atoms with Crippen LogP contribution in [0.4, 0.5) is 46.5 Å². The zero-order valence-electron chi connectivity index (χ0n) is 21.1. The van der Waals surface area contributed by atoms with Crippen molar-refractivity contribution in [3.8, 4) is 0 Å². The molecule has 0 unspecified atom stereocenters. The molecule has 2 aromatic carbocycles. The Labute approximate surface area is 251 Å². The molecule has 0 atom stereocenters. The van der Waals surface area contributed by atoms with Gasteiger partial charge in [0.1, 0.15) is 11.4 Å². The van der Waals surface area contributed by atoms with Crippen LogP contribution in [0.2, 0.25) is 0 Å². The molecule has 214 valence electrons. The molecular weight excluding hydrogens is 597 g/mol. The van der Waals surface area contributed by atoms with E-state index in [4.69, 9.17) is 11.1 Å². The molecule has 0 bridgehead atoms. The molecule has 0 spiro atoms. The van der Waals surface area contributed by atoms with Gasteiger partial charge in [0.2, 0.25) is 0 Å². The van der Waals surface area contributed by atoms with Gasteiger partial charge >= 0.3 is 29.6 Å². The number of piperidine rings is 1. The molecule has 1 aliphatic heterocycles. The summed E-state index contributed by atoms with van der Waals surface area (Å²) in [5, 5.41) is 15.8. The van der Waals surface area contributed by atoms with Crippen LogP contribution in [-0.2, 0) is 9.59 Å². The van der Waals surface area contributed by atoms with Crippen molar-refractivity contribution in [2.45, 2.75) is 12.8 Å². The average Bonchev–Trinajstić information content (AvgIpc) is 2.93. The quantitative estimate of drug-likeness (QED) is 0.0857. The topological polar surface area (TPSA) is 158 Å². The van der Waals surface area contributed by atoms with Crippen LogP contribution in [0.15, 0.2) is 21.4 Å². The van der Waals surface area contributed by atoms with E-state index in [1.165, 1.54) is 4.90 Å². The normalized spacial score (nSPS) is 15.3. The van der Waals surface area contributed by atoms with E-state index in [9.17, 15) is 49.8 Å². The predicted octanol–water partition coefficient (Wildman–Crippen LogP) is 2.57. The number of azide groups is 2. The summed E-state index contributed by atoms with van der Waals surface area (Å²) in [6, 6.07) is 0. The van der Waals surface area contributed by atoms with Crippen molar-refractivity contribution in [3.05, 3.63) is 89.7 Å². The number of nitrogens with zero attached hydrogens (tertiary/aromatic N) is 7. The second-order valence-corrected chi connectivity index (χ2v) is 8.27. The Bertz CT molecular complexity index is 1470. The first-order valence-electron chi connectivity index (χ1n) is 11.0. The Kier molecular flexibility index (Phi) is 11.7. The van der Waals surface area contributed by atoms with Crippen molar-refractivity contribution in [1.29, 1.82) is 0 Å². The number of carbonyl (C=O) groups is 2. The molecule has 0 N–H and O–H groups in total. The van der Waals surface area contributed by atoms with Crippen LogP contribution in [-0.4, -0.2) is 36.3 Å². The maximum Gasteiger partial charge on any atom is 1.00 e. The van der Waals surface area contributed by atoms with Gasteiger partial charge in [0.15, 0.2) is 52.3 Å². The number of rotatable bonds is 8. The Morgan fingerprint density at radius 3 is 1.43 bits per heavy atom. The van der Waals surface area contributed by atoms with Crippen molar-refractivity contribution in [2.24, 2.45) is 10.2 Å². The van der Waals surface area contributed by atoms with Crippen LogP contribution >= 0.6 is 0 Å². The van der Waals surface area contributed by atoms with E-state index in [0.29, 0.717) is 12.2 Å². The van der Waals surface area contributed by atoms with Crippen LogP contribution in [0.3, 0.4) is 0 Å². The minimum absolute atomic E-state index is 0. The summed E-state index contributed by atoms with van der Waals surface area (Å²) >= 11 is 0. The first kappa shape index (κ1) is 34.3. The number of benzene rings is 2. The zero-order chi connectivity index (χ0) is 30.6. The van der Waals surface area contributed by atoms with E-state index in [1.54, 1.807) is 0 Å². The van der Waals surface area contributed by atoms with Crippen molar-refractivity contribution < 1.29 is 79.4 Å². The molecule has 0 amide bonds. The molecule has 42 heavy (non-hydrogen) atoms. The third kappa shape index (κ3) is 6.92. The number of carbonyl (C=O) groups excluding carboxylic acids is 2. The summed E-state index contributed by atoms with van der Waals surface area (Å²) < 4.78 is 115. The molecule has 0 radical (unpaired) electrons. The van der Waals surface area contributed by atoms with Crippen LogP contribution < -0.4 is 34.7 Å². The number of ketones is 1. The second kappa shape index (κ2) is 14.3. The molecule has 1 saturated heterocycles. The summed E-state index contributed by atoms with van der Waals surface area (Å²) in [4.78, 5) is 29.2. The van der Waals surface area contributed by atoms with Crippen molar-refractivity contribution in [3.63, 3.8) is 0 Å². The van der Waals surface area contributed by atoms with Crippen LogP contribution in [0, 0.1) is 46.5 Å². The monoisotopic (exact) mass is 609 g/mol. The number of carboxylic acid groups (broad SMARTS) is 1. The third-order valence-electron chi connectivity index (χ3n) is 5.70. The Hall–Kier alpha value is -3.92. The molecule has 2 aromatic rings. The Balaban J connectivity index is 0.00000616. The van der Waals surface area contributed by atoms with E-state index in [2.05, 4.69) is 20.1 Å². The number of Topliss-reactive ketones (excluding diaryl/α,β-unsaturated/α-hetero) is 1. The number of hydrogen-bond donors (Lipinski definition) is 0. The molecule has 0 saturated carbocycles. The van der Waals surface area contributed by atoms with E-state index in [-0.39, 0.29) is 42.5 Å². The first-order valence-corrected chi connectivity index (χ1v) is 11.0. The summed E-state index contributed by atoms with van der Waals surface area (Å²) in [5.74, 6) is -19.4. The SMILES string of the molecule is [N-]=[N+]=Nc1c(F)c(F)c(C=C2CN(CCCC(=O)[O-])CC(=Cc3c(F)c(F)c(N=[N+]=[N-])c(F)c3F)C2=O)c(F)c1F.[Na+]. The summed E-state index contributed by atoms with van der Waals surface area (Å²) in [6.45, 7) is -1.25. The van der Waals surface area contributed by atoms with Crippen LogP contribution in [0.25, 0.3) is 33.0 Å². The number of likely N-dealkylation sites (tertiary alicyclic amines) is 1. The zero-order valence-corrected chi connectivity index (χ0v) is 23.1. The van der Waals surface area contributed by atoms with Gasteiger partial charge in [0.05, 0.1) is 11.1 Å². The van der Waals surface area contributed by atoms with Gasteiger partial charge in [-0.15, -0.1) is 0 Å². The molecule has 19 heteroatoms. The number of aliphatic carboxylic acids is 1. The van der Waals surface area contributed by atoms with E-state index in [0.717, 1.165) is 0 Å². The fourth-order valence-corrected chi connectivity index (χ4v) is 3.86. The fraction of sp³-hybridized carbons (Fsp3) is 0.217. The number of halogens is 8. The Morgan fingerprint density at radius 1 is 0.762 bits per heavy atom. The largest absolute Gasteiger partial charge is 1.00 e. The smallest absolute Gasteiger partial charge is 0.550 e. The standard InChI is InChI=1S/C23H13F8N7O3.Na/c24-13-10(14(25)18(29)21(17(13)28)34-36-32)4-8-6-38(3-1-2-12(39)40)7-9(23(8)41)5-11-15(26)19(30)22(35-37-33)20(31)16(11)27;/h4-5H,1-3,6-7H2,(H,39,40);/q;+1/p-1. The minimum Gasteiger partial charge on any atom is -0.550 e. The van der Waals surface area contributed by atoms with E-state index in [1.807, 2.05) is 0 Å². The molecular formula is C23H12F8N7NaO3. The van der Waals surface area contributed by atoms with Crippen molar-refractivity contribution in [1.82, 2.24) is 4.90 Å². The molecule has 0 aliphatic carbocycles. The predicted molar refractivity (Wildman–Crippen MR) is 122 cm³/mol. The van der Waals surface area contributed by atoms with Crippen LogP contribution in [0.5, 0.6) is 0 Å². The average molecular weight is 609 g/mol. The summed E-state index contributed by atoms with van der Waals surface area (Å²) in [7, 11) is 0. The number of carboxylic acids is 1. The maximum absolute atomic E-state index is 14.6. The molecule has 1 fully saturated rings. The first-order chi connectivity index (χ1) is 19.3. The summed E-state index contributed by atoms with van der Waals surface area (Å²) in [6.07, 6.45) is 0.0905. The molecule has 3 rings (SSSR count). The van der Waals surface area contributed by atoms with Gasteiger partial charge in [0.25, 0.3) is 0 Å². The number of hydrogen-bond acceptors (Lipinski definition) is 6. The molecule has 1 aliphatic rings. The van der Waals surface area contributed by atoms with Gasteiger partial charge < -0.3 is 9.90 Å². The van der Waals surface area contributed by atoms with E-state index >= 15 is 0 Å².